The molecule has 2 aromatic carbocycles. The standard InChI is InChI=1S/C17H16FNO3/c1-21-15-10-12(11-2-5-13(18)6-3-11)4-7-14(15)17(8-9-17)22-16(19)20/h2-7,10H,8-9H2,1H3,(H2,19,20). The molecule has 114 valence electrons. The first kappa shape index (κ1) is 14.4. The SMILES string of the molecule is COc1cc(-c2ccc(F)cc2)ccc1C1(OC(N)=O)CC1. The van der Waals surface area contributed by atoms with Crippen molar-refractivity contribution in [2.75, 3.05) is 7.11 Å². The minimum absolute atomic E-state index is 0.279. The number of hydrogen-bond donors (Lipinski definition) is 1. The number of carbonyl (C=O) groups is 1. The molecule has 22 heavy (non-hydrogen) atoms. The molecule has 2 aromatic rings. The van der Waals surface area contributed by atoms with Crippen LogP contribution in [0, 0.1) is 5.82 Å². The van der Waals surface area contributed by atoms with Gasteiger partial charge in [-0.05, 0) is 42.2 Å². The number of ether oxygens (including phenoxy) is 2. The van der Waals surface area contributed by atoms with Gasteiger partial charge in [0.1, 0.15) is 17.2 Å². The average molecular weight is 301 g/mol. The van der Waals surface area contributed by atoms with Gasteiger partial charge in [0, 0.05) is 5.56 Å². The van der Waals surface area contributed by atoms with Crippen LogP contribution in [-0.4, -0.2) is 13.2 Å². The van der Waals surface area contributed by atoms with Crippen LogP contribution in [0.4, 0.5) is 9.18 Å². The molecule has 5 heteroatoms. The summed E-state index contributed by atoms with van der Waals surface area (Å²) in [5.41, 5.74) is 7.06. The summed E-state index contributed by atoms with van der Waals surface area (Å²) in [6, 6.07) is 11.9. The topological polar surface area (TPSA) is 61.6 Å². The Morgan fingerprint density at radius 1 is 1.14 bits per heavy atom. The van der Waals surface area contributed by atoms with E-state index in [9.17, 15) is 9.18 Å². The zero-order valence-electron chi connectivity index (χ0n) is 12.1. The lowest BCUT2D eigenvalue weighted by atomic mass is 9.99. The molecule has 3 rings (SSSR count). The van der Waals surface area contributed by atoms with Gasteiger partial charge in [0.05, 0.1) is 7.11 Å². The summed E-state index contributed by atoms with van der Waals surface area (Å²) in [7, 11) is 1.56. The Hall–Kier alpha value is -2.56. The maximum Gasteiger partial charge on any atom is 0.405 e. The van der Waals surface area contributed by atoms with Gasteiger partial charge in [-0.25, -0.2) is 9.18 Å². The Morgan fingerprint density at radius 2 is 1.77 bits per heavy atom. The molecule has 0 unspecified atom stereocenters. The van der Waals surface area contributed by atoms with Gasteiger partial charge in [-0.3, -0.25) is 0 Å². The van der Waals surface area contributed by atoms with Crippen molar-refractivity contribution >= 4 is 6.09 Å². The molecule has 0 aromatic heterocycles. The van der Waals surface area contributed by atoms with Crippen molar-refractivity contribution < 1.29 is 18.7 Å². The minimum atomic E-state index is -0.790. The minimum Gasteiger partial charge on any atom is -0.496 e. The van der Waals surface area contributed by atoms with E-state index in [1.807, 2.05) is 18.2 Å². The number of carbonyl (C=O) groups excluding carboxylic acids is 1. The van der Waals surface area contributed by atoms with Crippen molar-refractivity contribution in [1.82, 2.24) is 0 Å². The van der Waals surface area contributed by atoms with Crippen LogP contribution in [0.25, 0.3) is 11.1 Å². The van der Waals surface area contributed by atoms with E-state index in [1.165, 1.54) is 12.1 Å². The molecule has 2 N–H and O–H groups in total. The van der Waals surface area contributed by atoms with Crippen LogP contribution in [0.2, 0.25) is 0 Å². The molecule has 0 aliphatic heterocycles. The summed E-state index contributed by atoms with van der Waals surface area (Å²) in [6.45, 7) is 0. The highest BCUT2D eigenvalue weighted by atomic mass is 19.1. The predicted molar refractivity (Wildman–Crippen MR) is 80.0 cm³/mol. The fourth-order valence-corrected chi connectivity index (χ4v) is 2.62. The molecule has 0 spiro atoms. The summed E-state index contributed by atoms with van der Waals surface area (Å²) in [4.78, 5) is 11.1. The Balaban J connectivity index is 1.98. The molecular formula is C17H16FNO3. The molecule has 4 nitrogen and oxygen atoms in total. The lowest BCUT2D eigenvalue weighted by Gasteiger charge is -2.19. The van der Waals surface area contributed by atoms with Gasteiger partial charge in [0.25, 0.3) is 0 Å². The molecule has 0 radical (unpaired) electrons. The van der Waals surface area contributed by atoms with E-state index in [2.05, 4.69) is 0 Å². The smallest absolute Gasteiger partial charge is 0.405 e. The first-order chi connectivity index (χ1) is 10.5. The third-order valence-electron chi connectivity index (χ3n) is 3.87. The van der Waals surface area contributed by atoms with Gasteiger partial charge in [0.15, 0.2) is 0 Å². The Labute approximate surface area is 127 Å². The van der Waals surface area contributed by atoms with Crippen LogP contribution < -0.4 is 10.5 Å². The first-order valence-corrected chi connectivity index (χ1v) is 6.97. The van der Waals surface area contributed by atoms with Crippen LogP contribution in [0.5, 0.6) is 5.75 Å². The Bertz CT molecular complexity index is 708. The highest BCUT2D eigenvalue weighted by molar-refractivity contribution is 5.69. The summed E-state index contributed by atoms with van der Waals surface area (Å²) in [5, 5.41) is 0. The molecule has 0 saturated heterocycles. The van der Waals surface area contributed by atoms with E-state index < -0.39 is 11.7 Å². The second-order valence-corrected chi connectivity index (χ2v) is 5.34. The molecular weight excluding hydrogens is 285 g/mol. The molecule has 1 amide bonds. The zero-order valence-corrected chi connectivity index (χ0v) is 12.1. The van der Waals surface area contributed by atoms with Gasteiger partial charge < -0.3 is 15.2 Å². The summed E-state index contributed by atoms with van der Waals surface area (Å²) in [6.07, 6.45) is 0.659. The average Bonchev–Trinajstić information content (AvgIpc) is 3.27. The molecule has 0 heterocycles. The van der Waals surface area contributed by atoms with Crippen LogP contribution in [-0.2, 0) is 10.3 Å². The third kappa shape index (κ3) is 2.62. The number of benzene rings is 2. The van der Waals surface area contributed by atoms with Crippen molar-refractivity contribution in [1.29, 1.82) is 0 Å². The van der Waals surface area contributed by atoms with Crippen LogP contribution in [0.15, 0.2) is 42.5 Å². The van der Waals surface area contributed by atoms with Crippen molar-refractivity contribution in [3.63, 3.8) is 0 Å². The molecule has 1 aliphatic carbocycles. The van der Waals surface area contributed by atoms with Crippen LogP contribution >= 0.6 is 0 Å². The lowest BCUT2D eigenvalue weighted by molar-refractivity contribution is 0.0882. The van der Waals surface area contributed by atoms with Crippen molar-refractivity contribution in [3.05, 3.63) is 53.8 Å². The summed E-state index contributed by atoms with van der Waals surface area (Å²) in [5.74, 6) is 0.347. The molecule has 1 saturated carbocycles. The van der Waals surface area contributed by atoms with Crippen molar-refractivity contribution in [2.45, 2.75) is 18.4 Å². The lowest BCUT2D eigenvalue weighted by Crippen LogP contribution is -2.23. The first-order valence-electron chi connectivity index (χ1n) is 6.97. The van der Waals surface area contributed by atoms with E-state index >= 15 is 0 Å². The van der Waals surface area contributed by atoms with Crippen LogP contribution in [0.3, 0.4) is 0 Å². The fraction of sp³-hybridized carbons (Fsp3) is 0.235. The van der Waals surface area contributed by atoms with Gasteiger partial charge in [-0.15, -0.1) is 0 Å². The number of methoxy groups -OCH3 is 1. The number of hydrogen-bond acceptors (Lipinski definition) is 3. The van der Waals surface area contributed by atoms with E-state index in [-0.39, 0.29) is 5.82 Å². The second kappa shape index (κ2) is 5.33. The van der Waals surface area contributed by atoms with E-state index in [0.29, 0.717) is 5.75 Å². The highest BCUT2D eigenvalue weighted by Gasteiger charge is 2.50. The summed E-state index contributed by atoms with van der Waals surface area (Å²) >= 11 is 0. The molecule has 0 bridgehead atoms. The van der Waals surface area contributed by atoms with E-state index in [4.69, 9.17) is 15.2 Å². The Kier molecular flexibility index (Phi) is 3.48. The van der Waals surface area contributed by atoms with Gasteiger partial charge in [-0.2, -0.15) is 0 Å². The number of primary amides is 1. The van der Waals surface area contributed by atoms with Gasteiger partial charge in [0.2, 0.25) is 0 Å². The monoisotopic (exact) mass is 301 g/mol. The Morgan fingerprint density at radius 3 is 2.32 bits per heavy atom. The second-order valence-electron chi connectivity index (χ2n) is 5.34. The van der Waals surface area contributed by atoms with Crippen molar-refractivity contribution in [3.8, 4) is 16.9 Å². The number of halogens is 1. The normalized spacial score (nSPS) is 15.2. The highest BCUT2D eigenvalue weighted by Crippen LogP contribution is 2.52. The van der Waals surface area contributed by atoms with Crippen LogP contribution in [0.1, 0.15) is 18.4 Å². The molecule has 1 fully saturated rings. The summed E-state index contributed by atoms with van der Waals surface area (Å²) < 4.78 is 23.7. The maximum atomic E-state index is 13.0. The number of nitrogens with two attached hydrogens (primary N) is 1. The maximum absolute atomic E-state index is 13.0. The predicted octanol–water partition coefficient (Wildman–Crippen LogP) is 3.59. The quantitative estimate of drug-likeness (QED) is 0.938. The third-order valence-corrected chi connectivity index (χ3v) is 3.87. The molecule has 1 aliphatic rings. The number of rotatable bonds is 4. The number of amides is 1. The fourth-order valence-electron chi connectivity index (χ4n) is 2.62. The van der Waals surface area contributed by atoms with E-state index in [0.717, 1.165) is 29.5 Å². The van der Waals surface area contributed by atoms with Gasteiger partial charge >= 0.3 is 6.09 Å². The molecule has 0 atom stereocenters. The van der Waals surface area contributed by atoms with Gasteiger partial charge in [-0.1, -0.05) is 24.3 Å². The van der Waals surface area contributed by atoms with Crippen molar-refractivity contribution in [2.24, 2.45) is 5.73 Å². The zero-order chi connectivity index (χ0) is 15.7. The van der Waals surface area contributed by atoms with E-state index in [1.54, 1.807) is 19.2 Å². The largest absolute Gasteiger partial charge is 0.496 e.